The first-order chi connectivity index (χ1) is 25.3. The summed E-state index contributed by atoms with van der Waals surface area (Å²) in [5.41, 5.74) is 31.9. The summed E-state index contributed by atoms with van der Waals surface area (Å²) in [7, 11) is 0. The zero-order valence-corrected chi connectivity index (χ0v) is 37.1. The van der Waals surface area contributed by atoms with E-state index in [1.54, 1.807) is 0 Å². The third kappa shape index (κ3) is 6.93. The zero-order chi connectivity index (χ0) is 39.8. The van der Waals surface area contributed by atoms with E-state index < -0.39 is 0 Å². The summed E-state index contributed by atoms with van der Waals surface area (Å²) >= 11 is 0. The maximum Gasteiger partial charge on any atom is -0.0000513 e. The topological polar surface area (TPSA) is 0 Å². The quantitative estimate of drug-likeness (QED) is 0.153. The second kappa shape index (κ2) is 14.6. The molecule has 0 saturated heterocycles. The van der Waals surface area contributed by atoms with Gasteiger partial charge in [-0.25, -0.2) is 0 Å². The lowest BCUT2D eigenvalue weighted by atomic mass is 9.82. The Hall–Kier alpha value is -3.90. The first kappa shape index (κ1) is 39.8. The van der Waals surface area contributed by atoms with Crippen molar-refractivity contribution in [1.82, 2.24) is 0 Å². The third-order valence-corrected chi connectivity index (χ3v) is 12.2. The van der Waals surface area contributed by atoms with Gasteiger partial charge in [0.1, 0.15) is 0 Å². The Kier molecular flexibility index (Phi) is 10.8. The highest BCUT2D eigenvalue weighted by molar-refractivity contribution is 6.39. The van der Waals surface area contributed by atoms with Gasteiger partial charge in [0.25, 0.3) is 0 Å². The Morgan fingerprint density at radius 1 is 0.259 bits per heavy atom. The minimum absolute atomic E-state index is 0.411. The molecule has 0 radical (unpaired) electrons. The molecule has 0 heterocycles. The highest BCUT2D eigenvalue weighted by Gasteiger charge is 2.48. The number of benzene rings is 4. The third-order valence-electron chi connectivity index (χ3n) is 12.2. The van der Waals surface area contributed by atoms with Gasteiger partial charge < -0.3 is 0 Å². The first-order valence-corrected chi connectivity index (χ1v) is 21.0. The van der Waals surface area contributed by atoms with Crippen LogP contribution in [0.1, 0.15) is 208 Å². The molecule has 0 atom stereocenters. The highest BCUT2D eigenvalue weighted by Crippen LogP contribution is 2.68. The van der Waals surface area contributed by atoms with Crippen LogP contribution in [-0.2, 0) is 0 Å². The summed E-state index contributed by atoms with van der Waals surface area (Å²) in [6.07, 6.45) is 0. The first-order valence-electron chi connectivity index (χ1n) is 21.0. The van der Waals surface area contributed by atoms with Gasteiger partial charge in [-0.2, -0.15) is 0 Å². The van der Waals surface area contributed by atoms with Crippen LogP contribution in [-0.4, -0.2) is 0 Å². The van der Waals surface area contributed by atoms with Crippen molar-refractivity contribution in [1.29, 1.82) is 0 Å². The molecular weight excluding hydrogens is 649 g/mol. The van der Waals surface area contributed by atoms with Crippen molar-refractivity contribution in [3.63, 3.8) is 0 Å². The summed E-state index contributed by atoms with van der Waals surface area (Å²) in [5, 5.41) is 0. The Balaban J connectivity index is 1.79. The SMILES string of the molecule is Cc1cc(C)c(C2=C(c3c(C(C)C)cc(C(C)C)cc3C(C)C)C/2=C2C(c3c(C)cc(C)cc3C)=C\2c2c(C(C)C)cc(C(C)C)cc2C(C)C)c(C)c1. The molecule has 0 bridgehead atoms. The van der Waals surface area contributed by atoms with E-state index in [1.165, 1.54) is 122 Å². The van der Waals surface area contributed by atoms with Gasteiger partial charge in [0.05, 0.1) is 0 Å². The smallest absolute Gasteiger partial charge is 0.0000513 e. The molecular formula is C54H68. The van der Waals surface area contributed by atoms with Gasteiger partial charge in [0, 0.05) is 0 Å². The van der Waals surface area contributed by atoms with Gasteiger partial charge in [-0.15, -0.1) is 0 Å². The fourth-order valence-corrected chi connectivity index (χ4v) is 9.51. The van der Waals surface area contributed by atoms with E-state index in [0.717, 1.165) is 0 Å². The minimum Gasteiger partial charge on any atom is -0.0587 e. The monoisotopic (exact) mass is 717 g/mol. The predicted molar refractivity (Wildman–Crippen MR) is 239 cm³/mol. The zero-order valence-electron chi connectivity index (χ0n) is 37.1. The Bertz CT molecular complexity index is 2000. The van der Waals surface area contributed by atoms with Crippen LogP contribution in [0.2, 0.25) is 0 Å². The molecule has 4 aromatic carbocycles. The largest absolute Gasteiger partial charge is 0.0587 e. The molecule has 0 saturated carbocycles. The second-order valence-electron chi connectivity index (χ2n) is 18.9. The fraction of sp³-hybridized carbons (Fsp3) is 0.444. The highest BCUT2D eigenvalue weighted by atomic mass is 14.5. The molecule has 284 valence electrons. The number of rotatable bonds is 10. The summed E-state index contributed by atoms with van der Waals surface area (Å²) in [6, 6.07) is 19.8. The lowest BCUT2D eigenvalue weighted by Crippen LogP contribution is -2.05. The molecule has 54 heavy (non-hydrogen) atoms. The molecule has 0 amide bonds. The summed E-state index contributed by atoms with van der Waals surface area (Å²) in [6.45, 7) is 42.4. The molecule has 0 fully saturated rings. The van der Waals surface area contributed by atoms with Crippen LogP contribution in [0.4, 0.5) is 0 Å². The van der Waals surface area contributed by atoms with E-state index in [4.69, 9.17) is 0 Å². The molecule has 6 rings (SSSR count). The fourth-order valence-electron chi connectivity index (χ4n) is 9.51. The van der Waals surface area contributed by atoms with E-state index >= 15 is 0 Å². The maximum atomic E-state index is 2.55. The van der Waals surface area contributed by atoms with Gasteiger partial charge >= 0.3 is 0 Å². The summed E-state index contributed by atoms with van der Waals surface area (Å²) in [4.78, 5) is 0. The molecule has 0 N–H and O–H groups in total. The van der Waals surface area contributed by atoms with E-state index in [1.807, 2.05) is 0 Å². The number of hydrogen-bond acceptors (Lipinski definition) is 0. The van der Waals surface area contributed by atoms with Crippen LogP contribution in [0.25, 0.3) is 22.3 Å². The molecule has 0 aromatic heterocycles. The van der Waals surface area contributed by atoms with Crippen LogP contribution >= 0.6 is 0 Å². The second-order valence-corrected chi connectivity index (χ2v) is 18.9. The number of allylic oxidation sites excluding steroid dienone is 6. The Labute approximate surface area is 329 Å². The molecule has 2 aliphatic rings. The lowest BCUT2D eigenvalue weighted by Gasteiger charge is -2.22. The van der Waals surface area contributed by atoms with Crippen LogP contribution in [0, 0.1) is 41.5 Å². The van der Waals surface area contributed by atoms with Crippen molar-refractivity contribution in [2.75, 3.05) is 0 Å². The molecule has 0 nitrogen and oxygen atoms in total. The minimum atomic E-state index is 0.411. The van der Waals surface area contributed by atoms with Crippen LogP contribution < -0.4 is 0 Å². The standard InChI is InChI=1S/C54H68/c1-27(2)39-23-41(29(5)6)47(42(24-39)30(7)8)51-49(45-35(15)19-33(13)20-36(45)16)53(51)54-50(46-37(17)21-34(14)22-38(46)18)52(54)48-43(31(9)10)25-40(28(3)4)26-44(48)32(11)12/h19-32H,1-18H3/b54-53+. The molecule has 0 heteroatoms. The average Bonchev–Trinajstić information content (AvgIpc) is 3.96. The normalized spacial score (nSPS) is 15.9. The molecule has 4 aromatic rings. The average molecular weight is 717 g/mol. The van der Waals surface area contributed by atoms with Crippen molar-refractivity contribution in [2.45, 2.75) is 160 Å². The Morgan fingerprint density at radius 2 is 0.481 bits per heavy atom. The molecule has 0 spiro atoms. The van der Waals surface area contributed by atoms with Gasteiger partial charge in [0.15, 0.2) is 0 Å². The van der Waals surface area contributed by atoms with E-state index in [2.05, 4.69) is 173 Å². The molecule has 0 unspecified atom stereocenters. The van der Waals surface area contributed by atoms with E-state index in [-0.39, 0.29) is 0 Å². The predicted octanol–water partition coefficient (Wildman–Crippen LogP) is 16.1. The van der Waals surface area contributed by atoms with Crippen LogP contribution in [0.3, 0.4) is 0 Å². The van der Waals surface area contributed by atoms with E-state index in [0.29, 0.717) is 35.5 Å². The molecule has 0 aliphatic heterocycles. The van der Waals surface area contributed by atoms with Crippen molar-refractivity contribution in [3.05, 3.63) is 149 Å². The van der Waals surface area contributed by atoms with Crippen molar-refractivity contribution in [3.8, 4) is 0 Å². The van der Waals surface area contributed by atoms with Gasteiger partial charge in [0.2, 0.25) is 0 Å². The van der Waals surface area contributed by atoms with Crippen molar-refractivity contribution < 1.29 is 0 Å². The summed E-state index contributed by atoms with van der Waals surface area (Å²) in [5.74, 6) is 2.60. The van der Waals surface area contributed by atoms with Crippen LogP contribution in [0.15, 0.2) is 59.7 Å². The van der Waals surface area contributed by atoms with Gasteiger partial charge in [-0.3, -0.25) is 0 Å². The summed E-state index contributed by atoms with van der Waals surface area (Å²) < 4.78 is 0. The Morgan fingerprint density at radius 3 is 0.685 bits per heavy atom. The maximum absolute atomic E-state index is 2.55. The van der Waals surface area contributed by atoms with Crippen molar-refractivity contribution >= 4 is 22.3 Å². The number of hydrogen-bond donors (Lipinski definition) is 0. The van der Waals surface area contributed by atoms with Gasteiger partial charge in [-0.1, -0.05) is 143 Å². The van der Waals surface area contributed by atoms with Crippen LogP contribution in [0.5, 0.6) is 0 Å². The number of aryl methyl sites for hydroxylation is 6. The van der Waals surface area contributed by atoms with E-state index in [9.17, 15) is 0 Å². The molecule has 2 aliphatic carbocycles. The lowest BCUT2D eigenvalue weighted by molar-refractivity contribution is 0.800. The van der Waals surface area contributed by atoms with Gasteiger partial charge in [-0.05, 0) is 188 Å². The van der Waals surface area contributed by atoms with Crippen molar-refractivity contribution in [2.24, 2.45) is 0 Å².